The lowest BCUT2D eigenvalue weighted by molar-refractivity contribution is -0.137. The number of para-hydroxylation sites is 1. The van der Waals surface area contributed by atoms with E-state index in [2.05, 4.69) is 57.7 Å². The fourth-order valence-electron chi connectivity index (χ4n) is 3.99. The number of anilines is 1. The van der Waals surface area contributed by atoms with Crippen LogP contribution in [0.1, 0.15) is 16.7 Å². The molecule has 5 rings (SSSR count). The zero-order valence-electron chi connectivity index (χ0n) is 17.7. The van der Waals surface area contributed by atoms with Gasteiger partial charge in [-0.1, -0.05) is 36.4 Å². The minimum Gasteiger partial charge on any atom is -0.480 e. The molecule has 1 unspecified atom stereocenters. The minimum atomic E-state index is -0.926. The van der Waals surface area contributed by atoms with E-state index in [0.29, 0.717) is 12.2 Å². The summed E-state index contributed by atoms with van der Waals surface area (Å²) in [6.45, 7) is 4.17. The van der Waals surface area contributed by atoms with E-state index in [1.807, 2.05) is 30.5 Å². The molecule has 0 aliphatic heterocycles. The Hall–Kier alpha value is -3.71. The molecular weight excluding hydrogens is 420 g/mol. The number of rotatable bonds is 6. The van der Waals surface area contributed by atoms with Gasteiger partial charge in [0.25, 0.3) is 0 Å². The summed E-state index contributed by atoms with van der Waals surface area (Å²) < 4.78 is 0. The Morgan fingerprint density at radius 2 is 2.00 bits per heavy atom. The number of benzene rings is 2. The van der Waals surface area contributed by atoms with Crippen molar-refractivity contribution in [3.63, 3.8) is 0 Å². The van der Waals surface area contributed by atoms with Crippen LogP contribution in [0.5, 0.6) is 0 Å². The van der Waals surface area contributed by atoms with E-state index in [9.17, 15) is 9.90 Å². The van der Waals surface area contributed by atoms with Crippen molar-refractivity contribution in [3.8, 4) is 11.1 Å². The van der Waals surface area contributed by atoms with E-state index in [0.717, 1.165) is 37.8 Å². The first-order valence-electron chi connectivity index (χ1n) is 10.4. The molecule has 3 heterocycles. The molecule has 2 aromatic carbocycles. The Kier molecular flexibility index (Phi) is 5.11. The number of hydrogen-bond donors (Lipinski definition) is 3. The van der Waals surface area contributed by atoms with E-state index in [4.69, 9.17) is 0 Å². The van der Waals surface area contributed by atoms with Crippen molar-refractivity contribution < 1.29 is 9.90 Å². The van der Waals surface area contributed by atoms with Crippen LogP contribution in [0, 0.1) is 13.8 Å². The van der Waals surface area contributed by atoms with Crippen molar-refractivity contribution in [2.24, 2.45) is 0 Å². The number of fused-ring (bicyclic) bond motifs is 2. The Morgan fingerprint density at radius 1 is 1.16 bits per heavy atom. The zero-order chi connectivity index (χ0) is 22.2. The number of aliphatic carboxylic acids is 1. The molecular formula is C25H22N4O2S. The highest BCUT2D eigenvalue weighted by atomic mass is 32.1. The average Bonchev–Trinajstić information content (AvgIpc) is 3.40. The Morgan fingerprint density at radius 3 is 2.81 bits per heavy atom. The molecule has 0 radical (unpaired) electrons. The zero-order valence-corrected chi connectivity index (χ0v) is 18.5. The van der Waals surface area contributed by atoms with Crippen LogP contribution in [0.4, 0.5) is 5.82 Å². The van der Waals surface area contributed by atoms with E-state index in [1.165, 1.54) is 28.8 Å². The van der Waals surface area contributed by atoms with Crippen LogP contribution in [0.2, 0.25) is 0 Å². The van der Waals surface area contributed by atoms with E-state index in [1.54, 1.807) is 0 Å². The largest absolute Gasteiger partial charge is 0.480 e. The number of nitrogens with zero attached hydrogens (tertiary/aromatic N) is 2. The lowest BCUT2D eigenvalue weighted by Crippen LogP contribution is -2.32. The summed E-state index contributed by atoms with van der Waals surface area (Å²) >= 11 is 1.53. The number of carbonyl (C=O) groups is 1. The Bertz CT molecular complexity index is 1450. The molecule has 3 N–H and O–H groups in total. The summed E-state index contributed by atoms with van der Waals surface area (Å²) in [7, 11) is 0. The molecule has 0 fully saturated rings. The van der Waals surface area contributed by atoms with Crippen LogP contribution in [0.25, 0.3) is 32.2 Å². The summed E-state index contributed by atoms with van der Waals surface area (Å²) in [6.07, 6.45) is 3.69. The van der Waals surface area contributed by atoms with Crippen molar-refractivity contribution in [1.82, 2.24) is 15.0 Å². The van der Waals surface area contributed by atoms with Gasteiger partial charge in [-0.3, -0.25) is 0 Å². The van der Waals surface area contributed by atoms with Crippen LogP contribution in [-0.4, -0.2) is 32.1 Å². The maximum atomic E-state index is 12.2. The van der Waals surface area contributed by atoms with Gasteiger partial charge >= 0.3 is 5.97 Å². The number of thiophene rings is 1. The average molecular weight is 443 g/mol. The van der Waals surface area contributed by atoms with Gasteiger partial charge in [-0.2, -0.15) is 0 Å². The Labute approximate surface area is 189 Å². The van der Waals surface area contributed by atoms with Crippen LogP contribution in [0.15, 0.2) is 60.4 Å². The number of carboxylic acids is 1. The third-order valence-electron chi connectivity index (χ3n) is 5.90. The molecule has 0 saturated carbocycles. The summed E-state index contributed by atoms with van der Waals surface area (Å²) in [6, 6.07) is 13.4. The van der Waals surface area contributed by atoms with E-state index >= 15 is 0 Å². The number of hydrogen-bond acceptors (Lipinski definition) is 5. The maximum Gasteiger partial charge on any atom is 0.326 e. The van der Waals surface area contributed by atoms with Gasteiger partial charge < -0.3 is 15.4 Å². The summed E-state index contributed by atoms with van der Waals surface area (Å²) in [4.78, 5) is 25.1. The highest BCUT2D eigenvalue weighted by Gasteiger charge is 2.23. The molecule has 6 nitrogen and oxygen atoms in total. The molecule has 160 valence electrons. The number of aryl methyl sites for hydroxylation is 2. The Balaban J connectivity index is 1.54. The highest BCUT2D eigenvalue weighted by molar-refractivity contribution is 7.17. The van der Waals surface area contributed by atoms with Crippen molar-refractivity contribution in [2.45, 2.75) is 26.3 Å². The number of H-pyrrole nitrogens is 1. The second kappa shape index (κ2) is 8.09. The maximum absolute atomic E-state index is 12.2. The molecule has 0 bridgehead atoms. The summed E-state index contributed by atoms with van der Waals surface area (Å²) in [5.41, 5.74) is 6.45. The SMILES string of the molecule is Cc1ccc(-c2csc3ncnc(NC(Cc4c[nH]c5ccccc45)C(=O)O)c23)cc1C. The van der Waals surface area contributed by atoms with E-state index < -0.39 is 12.0 Å². The lowest BCUT2D eigenvalue weighted by atomic mass is 10.0. The summed E-state index contributed by atoms with van der Waals surface area (Å²) in [5.74, 6) is -0.387. The van der Waals surface area contributed by atoms with Crippen LogP contribution in [0.3, 0.4) is 0 Å². The fourth-order valence-corrected chi connectivity index (χ4v) is 4.91. The molecule has 3 aromatic heterocycles. The first-order valence-corrected chi connectivity index (χ1v) is 11.2. The normalized spacial score (nSPS) is 12.3. The minimum absolute atomic E-state index is 0.327. The van der Waals surface area contributed by atoms with Gasteiger partial charge in [-0.25, -0.2) is 14.8 Å². The number of carboxylic acid groups (broad SMARTS) is 1. The standard InChI is InChI=1S/C25H22N4O2S/c1-14-7-8-16(9-15(14)2)19-12-32-24-22(19)23(27-13-28-24)29-21(25(30)31)10-17-11-26-20-6-4-3-5-18(17)20/h3-9,11-13,21,26H,10H2,1-2H3,(H,30,31)(H,27,28,29). The van der Waals surface area contributed by atoms with Crippen molar-refractivity contribution in [1.29, 1.82) is 0 Å². The van der Waals surface area contributed by atoms with Gasteiger partial charge in [-0.15, -0.1) is 11.3 Å². The second-order valence-electron chi connectivity index (χ2n) is 7.95. The van der Waals surface area contributed by atoms with Gasteiger partial charge in [0.05, 0.1) is 5.39 Å². The predicted octanol–water partition coefficient (Wildman–Crippen LogP) is 5.56. The molecule has 5 aromatic rings. The lowest BCUT2D eigenvalue weighted by Gasteiger charge is -2.16. The molecule has 0 aliphatic carbocycles. The molecule has 0 spiro atoms. The first kappa shape index (κ1) is 20.2. The molecule has 32 heavy (non-hydrogen) atoms. The van der Waals surface area contributed by atoms with Gasteiger partial charge in [0.2, 0.25) is 0 Å². The number of nitrogens with one attached hydrogen (secondary N) is 2. The van der Waals surface area contributed by atoms with Crippen LogP contribution in [-0.2, 0) is 11.2 Å². The monoisotopic (exact) mass is 442 g/mol. The predicted molar refractivity (Wildman–Crippen MR) is 129 cm³/mol. The van der Waals surface area contributed by atoms with Crippen LogP contribution < -0.4 is 5.32 Å². The second-order valence-corrected chi connectivity index (χ2v) is 8.81. The van der Waals surface area contributed by atoms with Gasteiger partial charge in [0, 0.05) is 34.5 Å². The molecule has 0 amide bonds. The number of aromatic amines is 1. The van der Waals surface area contributed by atoms with E-state index in [-0.39, 0.29) is 0 Å². The van der Waals surface area contributed by atoms with Gasteiger partial charge in [0.15, 0.2) is 0 Å². The number of aromatic nitrogens is 3. The smallest absolute Gasteiger partial charge is 0.326 e. The first-order chi connectivity index (χ1) is 15.5. The van der Waals surface area contributed by atoms with Crippen LogP contribution >= 0.6 is 11.3 Å². The van der Waals surface area contributed by atoms with Crippen molar-refractivity contribution in [2.75, 3.05) is 5.32 Å². The molecule has 0 saturated heterocycles. The topological polar surface area (TPSA) is 90.9 Å². The molecule has 7 heteroatoms. The van der Waals surface area contributed by atoms with Gasteiger partial charge in [0.1, 0.15) is 23.0 Å². The highest BCUT2D eigenvalue weighted by Crippen LogP contribution is 2.37. The molecule has 1 atom stereocenters. The third-order valence-corrected chi connectivity index (χ3v) is 6.78. The van der Waals surface area contributed by atoms with Gasteiger partial charge in [-0.05, 0) is 42.2 Å². The fraction of sp³-hybridized carbons (Fsp3) is 0.160. The van der Waals surface area contributed by atoms with Crippen molar-refractivity contribution >= 4 is 44.2 Å². The quantitative estimate of drug-likeness (QED) is 0.320. The molecule has 0 aliphatic rings. The summed E-state index contributed by atoms with van der Waals surface area (Å²) in [5, 5.41) is 17.1. The van der Waals surface area contributed by atoms with Crippen molar-refractivity contribution in [3.05, 3.63) is 77.1 Å². The third kappa shape index (κ3) is 3.61.